The Balaban J connectivity index is 1.56. The minimum atomic E-state index is -0.0333. The summed E-state index contributed by atoms with van der Waals surface area (Å²) < 4.78 is 5.73. The first-order valence-electron chi connectivity index (χ1n) is 11.3. The fourth-order valence-corrected chi connectivity index (χ4v) is 3.88. The second-order valence-corrected chi connectivity index (χ2v) is 7.89. The third kappa shape index (κ3) is 6.85. The van der Waals surface area contributed by atoms with Crippen molar-refractivity contribution in [3.63, 3.8) is 0 Å². The van der Waals surface area contributed by atoms with Gasteiger partial charge in [0.2, 0.25) is 0 Å². The number of guanidine groups is 1. The molecule has 2 aromatic rings. The summed E-state index contributed by atoms with van der Waals surface area (Å²) in [7, 11) is 1.77. The number of amides is 1. The van der Waals surface area contributed by atoms with Crippen molar-refractivity contribution in [1.29, 1.82) is 0 Å². The number of carbonyl (C=O) groups is 1. The quantitative estimate of drug-likeness (QED) is 0.424. The van der Waals surface area contributed by atoms with Crippen LogP contribution in [-0.4, -0.2) is 50.0 Å². The predicted molar refractivity (Wildman–Crippen MR) is 124 cm³/mol. The predicted octanol–water partition coefficient (Wildman–Crippen LogP) is 3.31. The highest BCUT2D eigenvalue weighted by molar-refractivity contribution is 5.94. The van der Waals surface area contributed by atoms with Gasteiger partial charge in [0.15, 0.2) is 5.96 Å². The van der Waals surface area contributed by atoms with Crippen LogP contribution in [0, 0.1) is 0 Å². The van der Waals surface area contributed by atoms with Crippen LogP contribution in [0.15, 0.2) is 52.1 Å². The SMILES string of the molecule is CCCNC(=O)c1cccc(CNC(=NC)NCC(c2ccco2)N2CCCCC2)c1. The molecule has 0 radical (unpaired) electrons. The summed E-state index contributed by atoms with van der Waals surface area (Å²) in [4.78, 5) is 19.1. The van der Waals surface area contributed by atoms with Crippen LogP contribution in [0.4, 0.5) is 0 Å². The van der Waals surface area contributed by atoms with Gasteiger partial charge in [0.25, 0.3) is 5.91 Å². The minimum absolute atomic E-state index is 0.0333. The Morgan fingerprint density at radius 1 is 1.13 bits per heavy atom. The Bertz CT molecular complexity index is 828. The summed E-state index contributed by atoms with van der Waals surface area (Å²) in [5.41, 5.74) is 1.71. The van der Waals surface area contributed by atoms with Crippen molar-refractivity contribution < 1.29 is 9.21 Å². The molecular weight excluding hydrogens is 390 g/mol. The molecule has 0 bridgehead atoms. The van der Waals surface area contributed by atoms with Gasteiger partial charge in [-0.3, -0.25) is 14.7 Å². The number of hydrogen-bond donors (Lipinski definition) is 3. The normalized spacial score (nSPS) is 16.0. The fourth-order valence-electron chi connectivity index (χ4n) is 3.88. The first-order valence-corrected chi connectivity index (χ1v) is 11.3. The molecule has 0 saturated carbocycles. The van der Waals surface area contributed by atoms with Crippen LogP contribution in [0.3, 0.4) is 0 Å². The van der Waals surface area contributed by atoms with E-state index in [0.29, 0.717) is 25.2 Å². The van der Waals surface area contributed by atoms with Gasteiger partial charge < -0.3 is 20.4 Å². The van der Waals surface area contributed by atoms with E-state index in [1.165, 1.54) is 19.3 Å². The van der Waals surface area contributed by atoms with E-state index in [0.717, 1.165) is 36.8 Å². The second kappa shape index (κ2) is 12.2. The zero-order chi connectivity index (χ0) is 21.9. The molecule has 7 nitrogen and oxygen atoms in total. The van der Waals surface area contributed by atoms with Gasteiger partial charge in [0.1, 0.15) is 5.76 Å². The number of benzene rings is 1. The summed E-state index contributed by atoms with van der Waals surface area (Å²) in [5, 5.41) is 9.73. The zero-order valence-electron chi connectivity index (χ0n) is 18.7. The van der Waals surface area contributed by atoms with Gasteiger partial charge in [-0.25, -0.2) is 0 Å². The summed E-state index contributed by atoms with van der Waals surface area (Å²) in [6.45, 7) is 6.21. The van der Waals surface area contributed by atoms with Gasteiger partial charge in [-0.05, 0) is 62.2 Å². The second-order valence-electron chi connectivity index (χ2n) is 7.89. The zero-order valence-corrected chi connectivity index (χ0v) is 18.7. The molecule has 1 aliphatic heterocycles. The maximum Gasteiger partial charge on any atom is 0.251 e. The van der Waals surface area contributed by atoms with Crippen molar-refractivity contribution in [3.8, 4) is 0 Å². The number of carbonyl (C=O) groups excluding carboxylic acids is 1. The summed E-state index contributed by atoms with van der Waals surface area (Å²) in [6.07, 6.45) is 6.42. The van der Waals surface area contributed by atoms with Crippen LogP contribution < -0.4 is 16.0 Å². The van der Waals surface area contributed by atoms with Crippen LogP contribution in [-0.2, 0) is 6.54 Å². The number of aliphatic imine (C=N–C) groups is 1. The van der Waals surface area contributed by atoms with Gasteiger partial charge in [0.05, 0.1) is 12.3 Å². The van der Waals surface area contributed by atoms with E-state index in [9.17, 15) is 4.79 Å². The van der Waals surface area contributed by atoms with Crippen molar-refractivity contribution in [1.82, 2.24) is 20.9 Å². The molecule has 168 valence electrons. The van der Waals surface area contributed by atoms with Crippen molar-refractivity contribution >= 4 is 11.9 Å². The lowest BCUT2D eigenvalue weighted by Gasteiger charge is -2.33. The van der Waals surface area contributed by atoms with E-state index in [4.69, 9.17) is 4.42 Å². The van der Waals surface area contributed by atoms with Gasteiger partial charge in [-0.2, -0.15) is 0 Å². The Morgan fingerprint density at radius 2 is 1.97 bits per heavy atom. The molecule has 1 fully saturated rings. The highest BCUT2D eigenvalue weighted by atomic mass is 16.3. The number of piperidine rings is 1. The third-order valence-electron chi connectivity index (χ3n) is 5.57. The summed E-state index contributed by atoms with van der Waals surface area (Å²) in [5.74, 6) is 1.68. The first-order chi connectivity index (χ1) is 15.2. The first kappa shape index (κ1) is 22.9. The van der Waals surface area contributed by atoms with Crippen LogP contribution in [0.25, 0.3) is 0 Å². The molecule has 1 amide bonds. The van der Waals surface area contributed by atoms with Crippen molar-refractivity contribution in [2.45, 2.75) is 45.2 Å². The Hall–Kier alpha value is -2.80. The van der Waals surface area contributed by atoms with Crippen molar-refractivity contribution in [2.24, 2.45) is 4.99 Å². The molecule has 3 rings (SSSR count). The molecule has 2 heterocycles. The number of furan rings is 1. The summed E-state index contributed by atoms with van der Waals surface area (Å²) >= 11 is 0. The molecule has 3 N–H and O–H groups in total. The molecule has 1 aromatic carbocycles. The van der Waals surface area contributed by atoms with Gasteiger partial charge in [-0.15, -0.1) is 0 Å². The molecule has 0 spiro atoms. The van der Waals surface area contributed by atoms with E-state index < -0.39 is 0 Å². The van der Waals surface area contributed by atoms with Gasteiger partial charge in [0, 0.05) is 32.2 Å². The Morgan fingerprint density at radius 3 is 2.68 bits per heavy atom. The van der Waals surface area contributed by atoms with E-state index in [2.05, 4.69) is 25.8 Å². The maximum atomic E-state index is 12.2. The average Bonchev–Trinajstić information content (AvgIpc) is 3.35. The third-order valence-corrected chi connectivity index (χ3v) is 5.57. The van der Waals surface area contributed by atoms with Gasteiger partial charge >= 0.3 is 0 Å². The van der Waals surface area contributed by atoms with Crippen molar-refractivity contribution in [3.05, 3.63) is 59.5 Å². The fraction of sp³-hybridized carbons (Fsp3) is 0.500. The number of nitrogens with one attached hydrogen (secondary N) is 3. The lowest BCUT2D eigenvalue weighted by Crippen LogP contribution is -2.44. The van der Waals surface area contributed by atoms with Gasteiger partial charge in [-0.1, -0.05) is 25.5 Å². The standard InChI is InChI=1S/C24H35N5O2/c1-3-12-26-23(30)20-10-7-9-19(16-20)17-27-24(25-2)28-18-21(22-11-8-15-31-22)29-13-5-4-6-14-29/h7-11,15-16,21H,3-6,12-14,17-18H2,1-2H3,(H,26,30)(H2,25,27,28). The highest BCUT2D eigenvalue weighted by Gasteiger charge is 2.24. The molecule has 7 heteroatoms. The topological polar surface area (TPSA) is 81.9 Å². The molecule has 1 aromatic heterocycles. The van der Waals surface area contributed by atoms with E-state index >= 15 is 0 Å². The van der Waals surface area contributed by atoms with E-state index in [1.807, 2.05) is 43.3 Å². The van der Waals surface area contributed by atoms with Crippen LogP contribution >= 0.6 is 0 Å². The average molecular weight is 426 g/mol. The Kier molecular flexibility index (Phi) is 8.97. The molecule has 31 heavy (non-hydrogen) atoms. The molecular formula is C24H35N5O2. The van der Waals surface area contributed by atoms with Crippen molar-refractivity contribution in [2.75, 3.05) is 33.2 Å². The highest BCUT2D eigenvalue weighted by Crippen LogP contribution is 2.24. The number of likely N-dealkylation sites (tertiary alicyclic amines) is 1. The molecule has 0 aliphatic carbocycles. The number of hydrogen-bond acceptors (Lipinski definition) is 4. The largest absolute Gasteiger partial charge is 0.468 e. The monoisotopic (exact) mass is 425 g/mol. The molecule has 1 unspecified atom stereocenters. The van der Waals surface area contributed by atoms with Crippen LogP contribution in [0.2, 0.25) is 0 Å². The lowest BCUT2D eigenvalue weighted by atomic mass is 10.1. The van der Waals surface area contributed by atoms with E-state index in [1.54, 1.807) is 13.3 Å². The number of rotatable bonds is 9. The molecule has 1 saturated heterocycles. The number of nitrogens with zero attached hydrogens (tertiary/aromatic N) is 2. The smallest absolute Gasteiger partial charge is 0.251 e. The van der Waals surface area contributed by atoms with E-state index in [-0.39, 0.29) is 11.9 Å². The van der Waals surface area contributed by atoms with Crippen LogP contribution in [0.1, 0.15) is 60.3 Å². The molecule has 1 aliphatic rings. The lowest BCUT2D eigenvalue weighted by molar-refractivity contribution is 0.0953. The Labute approximate surface area is 185 Å². The molecule has 1 atom stereocenters. The maximum absolute atomic E-state index is 12.2. The van der Waals surface area contributed by atoms with Crippen LogP contribution in [0.5, 0.6) is 0 Å². The minimum Gasteiger partial charge on any atom is -0.468 e. The summed E-state index contributed by atoms with van der Waals surface area (Å²) in [6, 6.07) is 11.9.